The molecule has 0 aliphatic heterocycles. The van der Waals surface area contributed by atoms with Gasteiger partial charge in [-0.3, -0.25) is 4.79 Å². The maximum atomic E-state index is 11.1. The predicted octanol–water partition coefficient (Wildman–Crippen LogP) is 4.87. The van der Waals surface area contributed by atoms with Crippen molar-refractivity contribution in [1.29, 1.82) is 0 Å². The summed E-state index contributed by atoms with van der Waals surface area (Å²) in [7, 11) is 0. The van der Waals surface area contributed by atoms with Gasteiger partial charge in [-0.1, -0.05) is 42.3 Å². The van der Waals surface area contributed by atoms with Gasteiger partial charge in [-0.2, -0.15) is 0 Å². The Bertz CT molecular complexity index is 396. The fourth-order valence-electron chi connectivity index (χ4n) is 1.73. The van der Waals surface area contributed by atoms with Gasteiger partial charge < -0.3 is 4.74 Å². The van der Waals surface area contributed by atoms with E-state index in [4.69, 9.17) is 16.3 Å². The zero-order valence-electron chi connectivity index (χ0n) is 11.4. The molecule has 0 aliphatic rings. The summed E-state index contributed by atoms with van der Waals surface area (Å²) in [6.45, 7) is 2.31. The van der Waals surface area contributed by atoms with E-state index < -0.39 is 0 Å². The Morgan fingerprint density at radius 2 is 1.95 bits per heavy atom. The molecule has 19 heavy (non-hydrogen) atoms. The summed E-state index contributed by atoms with van der Waals surface area (Å²) < 4.78 is 4.87. The van der Waals surface area contributed by atoms with Crippen molar-refractivity contribution in [2.45, 2.75) is 39.0 Å². The lowest BCUT2D eigenvalue weighted by Gasteiger charge is -2.00. The number of carbonyl (C=O) groups excluding carboxylic acids is 1. The highest BCUT2D eigenvalue weighted by molar-refractivity contribution is 6.30. The Balaban J connectivity index is 2.07. The first-order valence-corrected chi connectivity index (χ1v) is 7.18. The Hall–Kier alpha value is -1.28. The molecular formula is C16H21ClO2. The van der Waals surface area contributed by atoms with Gasteiger partial charge in [-0.15, -0.1) is 0 Å². The van der Waals surface area contributed by atoms with Crippen molar-refractivity contribution < 1.29 is 9.53 Å². The number of carbonyl (C=O) groups is 1. The fraction of sp³-hybridized carbons (Fsp3) is 0.438. The van der Waals surface area contributed by atoms with Crippen LogP contribution in [0.25, 0.3) is 6.08 Å². The Morgan fingerprint density at radius 3 is 2.63 bits per heavy atom. The second-order valence-corrected chi connectivity index (χ2v) is 4.79. The average Bonchev–Trinajstić information content (AvgIpc) is 2.40. The van der Waals surface area contributed by atoms with E-state index in [0.717, 1.165) is 36.3 Å². The zero-order chi connectivity index (χ0) is 13.9. The van der Waals surface area contributed by atoms with Crippen LogP contribution < -0.4 is 0 Å². The van der Waals surface area contributed by atoms with Crippen LogP contribution in [-0.2, 0) is 9.53 Å². The Labute approximate surface area is 120 Å². The van der Waals surface area contributed by atoms with Crippen molar-refractivity contribution in [3.8, 4) is 0 Å². The molecule has 1 aromatic carbocycles. The number of ether oxygens (including phenoxy) is 1. The van der Waals surface area contributed by atoms with Crippen molar-refractivity contribution in [3.05, 3.63) is 40.9 Å². The summed E-state index contributed by atoms with van der Waals surface area (Å²) in [5, 5.41) is 0.760. The van der Waals surface area contributed by atoms with Gasteiger partial charge in [0.1, 0.15) is 0 Å². The summed E-state index contributed by atoms with van der Waals surface area (Å²) in [6.07, 6.45) is 8.90. The number of allylic oxidation sites excluding steroid dienone is 1. The molecule has 1 rings (SSSR count). The summed E-state index contributed by atoms with van der Waals surface area (Å²) in [6, 6.07) is 7.78. The molecule has 0 N–H and O–H groups in total. The molecule has 2 nitrogen and oxygen atoms in total. The predicted molar refractivity (Wildman–Crippen MR) is 80.2 cm³/mol. The molecule has 0 saturated heterocycles. The van der Waals surface area contributed by atoms with E-state index in [1.54, 1.807) is 0 Å². The largest absolute Gasteiger partial charge is 0.466 e. The van der Waals surface area contributed by atoms with Crippen molar-refractivity contribution in [3.63, 3.8) is 0 Å². The summed E-state index contributed by atoms with van der Waals surface area (Å²) in [5.74, 6) is -0.0841. The molecule has 104 valence electrons. The lowest BCUT2D eigenvalue weighted by Crippen LogP contribution is -2.02. The number of rotatable bonds is 8. The molecule has 0 unspecified atom stereocenters. The number of unbranched alkanes of at least 4 members (excludes halogenated alkanes) is 3. The number of esters is 1. The van der Waals surface area contributed by atoms with Gasteiger partial charge >= 0.3 is 5.97 Å². The summed E-state index contributed by atoms with van der Waals surface area (Å²) in [4.78, 5) is 11.1. The van der Waals surface area contributed by atoms with Crippen LogP contribution in [-0.4, -0.2) is 12.6 Å². The van der Waals surface area contributed by atoms with E-state index in [0.29, 0.717) is 13.0 Å². The van der Waals surface area contributed by atoms with Crippen LogP contribution in [0.15, 0.2) is 30.3 Å². The molecule has 0 saturated carbocycles. The summed E-state index contributed by atoms with van der Waals surface area (Å²) in [5.41, 5.74) is 1.16. The van der Waals surface area contributed by atoms with E-state index in [-0.39, 0.29) is 5.97 Å². The van der Waals surface area contributed by atoms with Crippen molar-refractivity contribution in [2.75, 3.05) is 6.61 Å². The number of halogens is 1. The highest BCUT2D eigenvalue weighted by atomic mass is 35.5. The SMILES string of the molecule is CCOC(=O)CCCCCC=Cc1ccc(Cl)cc1. The Morgan fingerprint density at radius 1 is 1.21 bits per heavy atom. The third-order valence-electron chi connectivity index (χ3n) is 2.74. The third-order valence-corrected chi connectivity index (χ3v) is 2.99. The minimum Gasteiger partial charge on any atom is -0.466 e. The molecule has 0 atom stereocenters. The van der Waals surface area contributed by atoms with Crippen LogP contribution in [0.5, 0.6) is 0 Å². The van der Waals surface area contributed by atoms with Gasteiger partial charge in [0.25, 0.3) is 0 Å². The Kier molecular flexibility index (Phi) is 7.99. The number of benzene rings is 1. The third kappa shape index (κ3) is 7.68. The molecule has 0 amide bonds. The molecule has 0 spiro atoms. The van der Waals surface area contributed by atoms with Gasteiger partial charge in [0, 0.05) is 11.4 Å². The van der Waals surface area contributed by atoms with Crippen molar-refractivity contribution in [2.24, 2.45) is 0 Å². The molecule has 0 heterocycles. The van der Waals surface area contributed by atoms with E-state index in [1.165, 1.54) is 0 Å². The van der Waals surface area contributed by atoms with Gasteiger partial charge in [-0.25, -0.2) is 0 Å². The number of hydrogen-bond acceptors (Lipinski definition) is 2. The maximum Gasteiger partial charge on any atom is 0.305 e. The topological polar surface area (TPSA) is 26.3 Å². The first-order chi connectivity index (χ1) is 9.22. The molecular weight excluding hydrogens is 260 g/mol. The first-order valence-electron chi connectivity index (χ1n) is 6.80. The minimum absolute atomic E-state index is 0.0841. The van der Waals surface area contributed by atoms with E-state index in [2.05, 4.69) is 12.2 Å². The van der Waals surface area contributed by atoms with Crippen LogP contribution in [0.1, 0.15) is 44.6 Å². The quantitative estimate of drug-likeness (QED) is 0.502. The maximum absolute atomic E-state index is 11.1. The average molecular weight is 281 g/mol. The first kappa shape index (κ1) is 15.8. The van der Waals surface area contributed by atoms with Gasteiger partial charge in [0.2, 0.25) is 0 Å². The van der Waals surface area contributed by atoms with Crippen LogP contribution >= 0.6 is 11.6 Å². The van der Waals surface area contributed by atoms with Crippen LogP contribution in [0.4, 0.5) is 0 Å². The molecule has 0 bridgehead atoms. The monoisotopic (exact) mass is 280 g/mol. The minimum atomic E-state index is -0.0841. The van der Waals surface area contributed by atoms with Gasteiger partial charge in [-0.05, 0) is 43.9 Å². The lowest BCUT2D eigenvalue weighted by atomic mass is 10.1. The molecule has 0 aliphatic carbocycles. The smallest absolute Gasteiger partial charge is 0.305 e. The van der Waals surface area contributed by atoms with Crippen LogP contribution in [0.2, 0.25) is 5.02 Å². The second kappa shape index (κ2) is 9.62. The second-order valence-electron chi connectivity index (χ2n) is 4.36. The van der Waals surface area contributed by atoms with Crippen molar-refractivity contribution >= 4 is 23.6 Å². The molecule has 0 fully saturated rings. The van der Waals surface area contributed by atoms with Crippen LogP contribution in [0, 0.1) is 0 Å². The van der Waals surface area contributed by atoms with E-state index >= 15 is 0 Å². The van der Waals surface area contributed by atoms with Crippen molar-refractivity contribution in [1.82, 2.24) is 0 Å². The highest BCUT2D eigenvalue weighted by Crippen LogP contribution is 2.11. The lowest BCUT2D eigenvalue weighted by molar-refractivity contribution is -0.143. The number of hydrogen-bond donors (Lipinski definition) is 0. The normalized spacial score (nSPS) is 10.8. The van der Waals surface area contributed by atoms with E-state index in [9.17, 15) is 4.79 Å². The zero-order valence-corrected chi connectivity index (χ0v) is 12.2. The fourth-order valence-corrected chi connectivity index (χ4v) is 1.86. The molecule has 3 heteroatoms. The molecule has 1 aromatic rings. The van der Waals surface area contributed by atoms with Crippen LogP contribution in [0.3, 0.4) is 0 Å². The standard InChI is InChI=1S/C16H21ClO2/c1-2-19-16(18)9-7-5-3-4-6-8-14-10-12-15(17)13-11-14/h6,8,10-13H,2-5,7,9H2,1H3. The van der Waals surface area contributed by atoms with Gasteiger partial charge in [0.05, 0.1) is 6.61 Å². The molecule has 0 aromatic heterocycles. The van der Waals surface area contributed by atoms with Gasteiger partial charge in [0.15, 0.2) is 0 Å². The molecule has 0 radical (unpaired) electrons. The van der Waals surface area contributed by atoms with E-state index in [1.807, 2.05) is 31.2 Å². The summed E-state index contributed by atoms with van der Waals surface area (Å²) >= 11 is 5.82. The highest BCUT2D eigenvalue weighted by Gasteiger charge is 1.99.